The molecule has 0 bridgehead atoms. The lowest BCUT2D eigenvalue weighted by Crippen LogP contribution is -2.46. The quantitative estimate of drug-likeness (QED) is 0.452. The van der Waals surface area contributed by atoms with Crippen LogP contribution in [0.4, 0.5) is 16.2 Å². The number of aromatic amines is 2. The van der Waals surface area contributed by atoms with Crippen LogP contribution < -0.4 is 20.9 Å². The number of nitrogens with one attached hydrogen (secondary N) is 3. The van der Waals surface area contributed by atoms with Gasteiger partial charge in [0.2, 0.25) is 11.5 Å². The maximum absolute atomic E-state index is 13.4. The number of nitrogens with two attached hydrogens (primary N) is 1. The van der Waals surface area contributed by atoms with E-state index >= 15 is 0 Å². The fraction of sp³-hybridized carbons (Fsp3) is 0.227. The molecule has 0 spiro atoms. The third-order valence-electron chi connectivity index (χ3n) is 5.62. The van der Waals surface area contributed by atoms with Crippen molar-refractivity contribution in [2.75, 3.05) is 23.7 Å². The number of rotatable bonds is 4. The number of nitrogens with zero attached hydrogens (tertiary/aromatic N) is 4. The summed E-state index contributed by atoms with van der Waals surface area (Å²) in [5.41, 5.74) is 9.02. The summed E-state index contributed by atoms with van der Waals surface area (Å²) in [5.74, 6) is 0.673. The summed E-state index contributed by atoms with van der Waals surface area (Å²) in [4.78, 5) is 33.7. The molecular formula is C22H22FN8O+. The lowest BCUT2D eigenvalue weighted by Gasteiger charge is -2.30. The lowest BCUT2D eigenvalue weighted by molar-refractivity contribution is -0.348. The summed E-state index contributed by atoms with van der Waals surface area (Å²) in [6.07, 6.45) is 4.68. The fourth-order valence-corrected chi connectivity index (χ4v) is 3.97. The predicted octanol–water partition coefficient (Wildman–Crippen LogP) is 1.95. The summed E-state index contributed by atoms with van der Waals surface area (Å²) in [5, 5.41) is 3.09. The van der Waals surface area contributed by atoms with Crippen molar-refractivity contribution < 1.29 is 14.2 Å². The van der Waals surface area contributed by atoms with Crippen molar-refractivity contribution in [1.29, 1.82) is 0 Å². The number of halogens is 1. The Morgan fingerprint density at radius 2 is 2.06 bits per heavy atom. The van der Waals surface area contributed by atoms with E-state index in [9.17, 15) is 9.18 Å². The second-order valence-electron chi connectivity index (χ2n) is 7.75. The number of piperidine rings is 1. The number of pyridine rings is 1. The van der Waals surface area contributed by atoms with Crippen molar-refractivity contribution in [2.45, 2.75) is 18.9 Å². The molecule has 0 radical (unpaired) electrons. The molecule has 4 aromatic rings. The van der Waals surface area contributed by atoms with Gasteiger partial charge in [0.1, 0.15) is 5.82 Å². The van der Waals surface area contributed by atoms with Gasteiger partial charge in [-0.2, -0.15) is 0 Å². The molecule has 10 heteroatoms. The molecule has 4 heterocycles. The predicted molar refractivity (Wildman–Crippen MR) is 117 cm³/mol. The van der Waals surface area contributed by atoms with Gasteiger partial charge < -0.3 is 20.9 Å². The van der Waals surface area contributed by atoms with Gasteiger partial charge in [-0.25, -0.2) is 14.4 Å². The van der Waals surface area contributed by atoms with Crippen LogP contribution in [0.3, 0.4) is 0 Å². The first-order chi connectivity index (χ1) is 15.6. The largest absolute Gasteiger partial charge is 0.349 e. The van der Waals surface area contributed by atoms with E-state index in [1.165, 1.54) is 18.3 Å². The Morgan fingerprint density at radius 1 is 1.22 bits per heavy atom. The van der Waals surface area contributed by atoms with E-state index < -0.39 is 0 Å². The summed E-state index contributed by atoms with van der Waals surface area (Å²) in [6, 6.07) is 9.71. The molecule has 9 nitrogen and oxygen atoms in total. The van der Waals surface area contributed by atoms with Crippen LogP contribution in [0.2, 0.25) is 0 Å². The number of hydrogen-bond donors (Lipinski definition) is 3. The SMILES string of the molecule is Nc1nc2nc[nH]c2c(N2CCC(NC(=O)c3ccc(-c4cccc(F)c4)nc3)CC2)[nH+]1. The molecular weight excluding hydrogens is 411 g/mol. The van der Waals surface area contributed by atoms with Gasteiger partial charge in [-0.1, -0.05) is 17.1 Å². The summed E-state index contributed by atoms with van der Waals surface area (Å²) in [6.45, 7) is 1.49. The zero-order valence-corrected chi connectivity index (χ0v) is 17.2. The van der Waals surface area contributed by atoms with Crippen LogP contribution >= 0.6 is 0 Å². The minimum atomic E-state index is -0.322. The van der Waals surface area contributed by atoms with E-state index in [1.807, 2.05) is 0 Å². The lowest BCUT2D eigenvalue weighted by atomic mass is 10.0. The standard InChI is InChI=1S/C22H21FN8O/c23-15-3-1-2-13(10-15)17-5-4-14(11-25-17)21(32)28-16-6-8-31(9-7-16)20-18-19(27-12-26-18)29-22(24)30-20/h1-5,10-12,16H,6-9H2,(H,28,32)(H3,24,26,27,29,30)/p+1. The number of anilines is 2. The number of hydrogen-bond acceptors (Lipinski definition) is 6. The van der Waals surface area contributed by atoms with Gasteiger partial charge in [0.25, 0.3) is 5.91 Å². The number of fused-ring (bicyclic) bond motifs is 1. The molecule has 1 saturated heterocycles. The van der Waals surface area contributed by atoms with Crippen LogP contribution in [0.25, 0.3) is 22.4 Å². The van der Waals surface area contributed by atoms with Gasteiger partial charge in [-0.15, -0.1) is 0 Å². The summed E-state index contributed by atoms with van der Waals surface area (Å²) < 4.78 is 13.4. The average molecular weight is 433 g/mol. The second-order valence-corrected chi connectivity index (χ2v) is 7.75. The monoisotopic (exact) mass is 433 g/mol. The molecule has 0 aliphatic carbocycles. The number of benzene rings is 1. The van der Waals surface area contributed by atoms with E-state index in [1.54, 1.807) is 30.6 Å². The maximum atomic E-state index is 13.4. The highest BCUT2D eigenvalue weighted by Gasteiger charge is 2.27. The van der Waals surface area contributed by atoms with Gasteiger partial charge >= 0.3 is 5.95 Å². The minimum absolute atomic E-state index is 0.0538. The molecule has 162 valence electrons. The smallest absolute Gasteiger partial charge is 0.344 e. The zero-order chi connectivity index (χ0) is 22.1. The number of amides is 1. The van der Waals surface area contributed by atoms with E-state index in [-0.39, 0.29) is 17.8 Å². The molecule has 32 heavy (non-hydrogen) atoms. The van der Waals surface area contributed by atoms with Crippen molar-refractivity contribution in [3.8, 4) is 11.3 Å². The molecule has 1 aliphatic heterocycles. The first-order valence-electron chi connectivity index (χ1n) is 10.4. The first kappa shape index (κ1) is 19.9. The Bertz CT molecular complexity index is 1260. The molecule has 5 rings (SSSR count). The van der Waals surface area contributed by atoms with Crippen molar-refractivity contribution in [3.05, 3.63) is 60.3 Å². The minimum Gasteiger partial charge on any atom is -0.349 e. The van der Waals surface area contributed by atoms with E-state index in [0.717, 1.165) is 37.3 Å². The summed E-state index contributed by atoms with van der Waals surface area (Å²) in [7, 11) is 0. The molecule has 0 unspecified atom stereocenters. The average Bonchev–Trinajstić information content (AvgIpc) is 3.27. The van der Waals surface area contributed by atoms with Crippen LogP contribution in [0.1, 0.15) is 23.2 Å². The normalized spacial score (nSPS) is 14.6. The van der Waals surface area contributed by atoms with E-state index in [0.29, 0.717) is 28.4 Å². The number of carbonyl (C=O) groups is 1. The number of nitrogen functional groups attached to an aromatic ring is 1. The van der Waals surface area contributed by atoms with Crippen molar-refractivity contribution in [1.82, 2.24) is 25.3 Å². The molecule has 0 atom stereocenters. The molecule has 1 aromatic carbocycles. The summed E-state index contributed by atoms with van der Waals surface area (Å²) >= 11 is 0. The van der Waals surface area contributed by atoms with Crippen LogP contribution in [-0.4, -0.2) is 45.0 Å². The zero-order valence-electron chi connectivity index (χ0n) is 17.2. The van der Waals surface area contributed by atoms with Crippen molar-refractivity contribution in [2.24, 2.45) is 0 Å². The van der Waals surface area contributed by atoms with E-state index in [2.05, 4.69) is 35.1 Å². The first-order valence-corrected chi connectivity index (χ1v) is 10.4. The van der Waals surface area contributed by atoms with Crippen LogP contribution in [-0.2, 0) is 0 Å². The number of carbonyl (C=O) groups excluding carboxylic acids is 1. The highest BCUT2D eigenvalue weighted by molar-refractivity contribution is 5.94. The van der Waals surface area contributed by atoms with Crippen LogP contribution in [0, 0.1) is 5.82 Å². The second kappa shape index (κ2) is 8.22. The molecule has 1 amide bonds. The van der Waals surface area contributed by atoms with Gasteiger partial charge in [0.15, 0.2) is 5.52 Å². The Morgan fingerprint density at radius 3 is 2.81 bits per heavy atom. The van der Waals surface area contributed by atoms with Crippen molar-refractivity contribution >= 4 is 28.8 Å². The maximum Gasteiger partial charge on any atom is 0.344 e. The molecule has 0 saturated carbocycles. The number of H-pyrrole nitrogens is 2. The third kappa shape index (κ3) is 3.94. The molecule has 1 aliphatic rings. The Kier molecular flexibility index (Phi) is 5.10. The number of aromatic nitrogens is 5. The highest BCUT2D eigenvalue weighted by atomic mass is 19.1. The van der Waals surface area contributed by atoms with Crippen LogP contribution in [0.15, 0.2) is 48.9 Å². The third-order valence-corrected chi connectivity index (χ3v) is 5.62. The Labute approximate surface area is 182 Å². The van der Waals surface area contributed by atoms with Gasteiger partial charge in [0, 0.05) is 17.8 Å². The van der Waals surface area contributed by atoms with Gasteiger partial charge in [-0.3, -0.25) is 9.78 Å². The molecule has 1 fully saturated rings. The van der Waals surface area contributed by atoms with Crippen LogP contribution in [0.5, 0.6) is 0 Å². The molecule has 3 aromatic heterocycles. The van der Waals surface area contributed by atoms with E-state index in [4.69, 9.17) is 5.73 Å². The fourth-order valence-electron chi connectivity index (χ4n) is 3.97. The Balaban J connectivity index is 1.21. The highest BCUT2D eigenvalue weighted by Crippen LogP contribution is 2.23. The topological polar surface area (TPSA) is 127 Å². The van der Waals surface area contributed by atoms with Crippen molar-refractivity contribution in [3.63, 3.8) is 0 Å². The number of imidazole rings is 1. The van der Waals surface area contributed by atoms with Gasteiger partial charge in [0.05, 0.1) is 30.7 Å². The van der Waals surface area contributed by atoms with Gasteiger partial charge in [-0.05, 0) is 37.1 Å². The molecule has 5 N–H and O–H groups in total. The Hall–Kier alpha value is -4.08.